The molecule has 1 aliphatic heterocycles. The largest absolute Gasteiger partial charge is 0.482 e. The van der Waals surface area contributed by atoms with Gasteiger partial charge in [-0.05, 0) is 65.7 Å². The van der Waals surface area contributed by atoms with Gasteiger partial charge in [0, 0.05) is 42.3 Å². The average molecular weight is 528 g/mol. The molecule has 10 heteroatoms. The first-order valence-electron chi connectivity index (χ1n) is 13.2. The van der Waals surface area contributed by atoms with Crippen LogP contribution < -0.4 is 4.74 Å². The Morgan fingerprint density at radius 1 is 1.23 bits per heavy atom. The van der Waals surface area contributed by atoms with Crippen molar-refractivity contribution in [3.63, 3.8) is 0 Å². The minimum Gasteiger partial charge on any atom is -0.482 e. The zero-order chi connectivity index (χ0) is 27.7. The zero-order valence-corrected chi connectivity index (χ0v) is 23.0. The van der Waals surface area contributed by atoms with Gasteiger partial charge < -0.3 is 14.4 Å². The monoisotopic (exact) mass is 527 g/mol. The highest BCUT2D eigenvalue weighted by atomic mass is 16.6. The molecule has 10 nitrogen and oxygen atoms in total. The predicted octanol–water partition coefficient (Wildman–Crippen LogP) is 5.48. The summed E-state index contributed by atoms with van der Waals surface area (Å²) in [5.74, 6) is 0.542. The second-order valence-electron chi connectivity index (χ2n) is 10.9. The Kier molecular flexibility index (Phi) is 7.00. The Hall–Kier alpha value is -4.39. The highest BCUT2D eigenvalue weighted by Crippen LogP contribution is 2.35. The van der Waals surface area contributed by atoms with Crippen LogP contribution in [0.15, 0.2) is 49.1 Å². The number of pyridine rings is 2. The molecule has 0 aromatic carbocycles. The van der Waals surface area contributed by atoms with Gasteiger partial charge in [0.15, 0.2) is 0 Å². The van der Waals surface area contributed by atoms with Crippen LogP contribution in [0.4, 0.5) is 4.79 Å². The van der Waals surface area contributed by atoms with E-state index in [1.807, 2.05) is 76.0 Å². The summed E-state index contributed by atoms with van der Waals surface area (Å²) in [4.78, 5) is 18.9. The lowest BCUT2D eigenvalue weighted by Gasteiger charge is -2.34. The summed E-state index contributed by atoms with van der Waals surface area (Å²) >= 11 is 0. The molecule has 0 bridgehead atoms. The number of amides is 1. The Morgan fingerprint density at radius 3 is 2.77 bits per heavy atom. The maximum Gasteiger partial charge on any atom is 0.410 e. The van der Waals surface area contributed by atoms with E-state index >= 15 is 0 Å². The predicted molar refractivity (Wildman–Crippen MR) is 145 cm³/mol. The van der Waals surface area contributed by atoms with Crippen LogP contribution in [0.5, 0.6) is 5.75 Å². The molecular formula is C29H33N7O3. The highest BCUT2D eigenvalue weighted by molar-refractivity contribution is 5.76. The van der Waals surface area contributed by atoms with E-state index in [9.17, 15) is 10.1 Å². The van der Waals surface area contributed by atoms with Crippen molar-refractivity contribution < 1.29 is 14.3 Å². The van der Waals surface area contributed by atoms with Crippen molar-refractivity contribution in [2.45, 2.75) is 65.2 Å². The van der Waals surface area contributed by atoms with Crippen LogP contribution in [0.25, 0.3) is 16.6 Å². The van der Waals surface area contributed by atoms with E-state index in [2.05, 4.69) is 16.2 Å². The number of ether oxygens (including phenoxy) is 2. The molecule has 0 aliphatic carbocycles. The number of rotatable bonds is 5. The molecule has 5 rings (SSSR count). The van der Waals surface area contributed by atoms with Gasteiger partial charge in [0.05, 0.1) is 24.1 Å². The summed E-state index contributed by atoms with van der Waals surface area (Å²) in [6, 6.07) is 9.87. The number of likely N-dealkylation sites (tertiary alicyclic amines) is 1. The van der Waals surface area contributed by atoms with Crippen LogP contribution in [0, 0.1) is 18.3 Å². The zero-order valence-electron chi connectivity index (χ0n) is 23.0. The number of nitrogens with zero attached hydrogens (tertiary/aromatic N) is 7. The summed E-state index contributed by atoms with van der Waals surface area (Å²) in [5.41, 5.74) is 4.05. The maximum absolute atomic E-state index is 12.7. The summed E-state index contributed by atoms with van der Waals surface area (Å²) in [6.07, 6.45) is 8.16. The van der Waals surface area contributed by atoms with Crippen LogP contribution in [0.1, 0.15) is 69.6 Å². The molecule has 0 spiro atoms. The summed E-state index contributed by atoms with van der Waals surface area (Å²) in [5, 5.41) is 18.8. The van der Waals surface area contributed by atoms with Crippen molar-refractivity contribution in [3.05, 3.63) is 66.0 Å². The number of nitriles is 1. The molecule has 5 heterocycles. The van der Waals surface area contributed by atoms with Gasteiger partial charge in [-0.3, -0.25) is 9.67 Å². The minimum absolute atomic E-state index is 0.0403. The van der Waals surface area contributed by atoms with E-state index in [0.717, 1.165) is 35.4 Å². The lowest BCUT2D eigenvalue weighted by Crippen LogP contribution is -2.43. The van der Waals surface area contributed by atoms with E-state index in [1.54, 1.807) is 21.8 Å². The first-order valence-corrected chi connectivity index (χ1v) is 13.2. The fraction of sp³-hybridized carbons (Fsp3) is 0.414. The van der Waals surface area contributed by atoms with Crippen LogP contribution >= 0.6 is 0 Å². The van der Waals surface area contributed by atoms with Crippen LogP contribution in [0.3, 0.4) is 0 Å². The Labute approximate surface area is 227 Å². The molecule has 202 valence electrons. The molecule has 1 fully saturated rings. The molecule has 0 saturated carbocycles. The van der Waals surface area contributed by atoms with Crippen molar-refractivity contribution in [2.24, 2.45) is 0 Å². The second kappa shape index (κ2) is 10.4. The number of carbonyl (C=O) groups is 1. The SMILES string of the molecule is Cc1c(-c2cc(O[C@H](C)c3ccccn3)c3c(C#N)cnn3c2)cnn1[C@H]1CCCN(C(=O)OC(C)(C)C)C1. The number of hydrogen-bond donors (Lipinski definition) is 0. The molecule has 4 aromatic rings. The lowest BCUT2D eigenvalue weighted by molar-refractivity contribution is 0.0166. The van der Waals surface area contributed by atoms with Gasteiger partial charge >= 0.3 is 6.09 Å². The molecule has 0 radical (unpaired) electrons. The molecule has 39 heavy (non-hydrogen) atoms. The molecule has 4 aromatic heterocycles. The minimum atomic E-state index is -0.538. The van der Waals surface area contributed by atoms with Crippen LogP contribution in [0.2, 0.25) is 0 Å². The molecular weight excluding hydrogens is 494 g/mol. The number of fused-ring (bicyclic) bond motifs is 1. The molecule has 2 atom stereocenters. The number of hydrogen-bond acceptors (Lipinski definition) is 7. The number of aromatic nitrogens is 5. The first-order chi connectivity index (χ1) is 18.6. The molecule has 1 saturated heterocycles. The summed E-state index contributed by atoms with van der Waals surface area (Å²) < 4.78 is 15.6. The van der Waals surface area contributed by atoms with E-state index in [0.29, 0.717) is 29.9 Å². The number of carbonyl (C=O) groups excluding carboxylic acids is 1. The van der Waals surface area contributed by atoms with Crippen molar-refractivity contribution in [2.75, 3.05) is 13.1 Å². The van der Waals surface area contributed by atoms with E-state index < -0.39 is 5.60 Å². The standard InChI is InChI=1S/C29H33N7O3/c1-19-24(16-33-36(19)23-9-8-12-34(18-23)28(37)39-29(3,4)5)21-13-26(27-22(14-30)15-32-35(27)17-21)38-20(2)25-10-6-7-11-31-25/h6-7,10-11,13,15-17,20,23H,8-9,12,18H2,1-5H3/t20-,23+/m1/s1. The third kappa shape index (κ3) is 5.43. The smallest absolute Gasteiger partial charge is 0.410 e. The summed E-state index contributed by atoms with van der Waals surface area (Å²) in [7, 11) is 0. The maximum atomic E-state index is 12.7. The highest BCUT2D eigenvalue weighted by Gasteiger charge is 2.30. The molecule has 0 unspecified atom stereocenters. The van der Waals surface area contributed by atoms with Gasteiger partial charge in [-0.25, -0.2) is 9.31 Å². The summed E-state index contributed by atoms with van der Waals surface area (Å²) in [6.45, 7) is 10.8. The van der Waals surface area contributed by atoms with Crippen molar-refractivity contribution in [1.82, 2.24) is 29.3 Å². The van der Waals surface area contributed by atoms with Crippen molar-refractivity contribution >= 4 is 11.6 Å². The van der Waals surface area contributed by atoms with E-state index in [1.165, 1.54) is 0 Å². The van der Waals surface area contributed by atoms with Crippen molar-refractivity contribution in [3.8, 4) is 22.9 Å². The average Bonchev–Trinajstić information content (AvgIpc) is 3.51. The van der Waals surface area contributed by atoms with Gasteiger partial charge in [0.25, 0.3) is 0 Å². The van der Waals surface area contributed by atoms with Gasteiger partial charge in [-0.15, -0.1) is 0 Å². The van der Waals surface area contributed by atoms with Gasteiger partial charge in [-0.1, -0.05) is 6.07 Å². The van der Waals surface area contributed by atoms with E-state index in [-0.39, 0.29) is 18.2 Å². The topological polar surface area (TPSA) is 111 Å². The molecule has 1 amide bonds. The van der Waals surface area contributed by atoms with E-state index in [4.69, 9.17) is 14.6 Å². The Morgan fingerprint density at radius 2 is 2.05 bits per heavy atom. The molecule has 0 N–H and O–H groups in total. The number of piperidine rings is 1. The van der Waals surface area contributed by atoms with Gasteiger partial charge in [0.1, 0.15) is 34.6 Å². The van der Waals surface area contributed by atoms with Gasteiger partial charge in [-0.2, -0.15) is 15.5 Å². The van der Waals surface area contributed by atoms with Crippen LogP contribution in [-0.2, 0) is 4.74 Å². The first kappa shape index (κ1) is 26.2. The molecule has 1 aliphatic rings. The Balaban J connectivity index is 1.46. The second-order valence-corrected chi connectivity index (χ2v) is 10.9. The normalized spacial score (nSPS) is 16.6. The van der Waals surface area contributed by atoms with Crippen LogP contribution in [-0.4, -0.2) is 54.1 Å². The fourth-order valence-corrected chi connectivity index (χ4v) is 4.99. The van der Waals surface area contributed by atoms with Gasteiger partial charge in [0.2, 0.25) is 0 Å². The third-order valence-electron chi connectivity index (χ3n) is 6.86. The lowest BCUT2D eigenvalue weighted by atomic mass is 10.0. The Bertz CT molecular complexity index is 1530. The van der Waals surface area contributed by atoms with Crippen molar-refractivity contribution in [1.29, 1.82) is 5.26 Å². The fourth-order valence-electron chi connectivity index (χ4n) is 4.99. The third-order valence-corrected chi connectivity index (χ3v) is 6.86. The quantitative estimate of drug-likeness (QED) is 0.338.